The van der Waals surface area contributed by atoms with Crippen LogP contribution in [0.4, 0.5) is 0 Å². The fourth-order valence-corrected chi connectivity index (χ4v) is 1.92. The molecule has 19 heavy (non-hydrogen) atoms. The molecule has 2 unspecified atom stereocenters. The van der Waals surface area contributed by atoms with E-state index in [-0.39, 0.29) is 6.42 Å². The van der Waals surface area contributed by atoms with Crippen LogP contribution in [0, 0.1) is 13.8 Å². The van der Waals surface area contributed by atoms with Gasteiger partial charge in [0.1, 0.15) is 11.9 Å². The zero-order valence-corrected chi connectivity index (χ0v) is 11.6. The summed E-state index contributed by atoms with van der Waals surface area (Å²) in [4.78, 5) is 11.1. The lowest BCUT2D eigenvalue weighted by molar-refractivity contribution is -0.144. The van der Waals surface area contributed by atoms with Crippen molar-refractivity contribution in [3.05, 3.63) is 28.8 Å². The van der Waals surface area contributed by atoms with Crippen LogP contribution in [0.15, 0.2) is 12.1 Å². The molecule has 0 aliphatic rings. The molecule has 0 saturated carbocycles. The summed E-state index contributed by atoms with van der Waals surface area (Å²) in [5.41, 5.74) is 2.22. The molecule has 0 fully saturated rings. The number of aliphatic hydroxyl groups is 2. The normalized spacial score (nSPS) is 13.8. The molecule has 2 atom stereocenters. The van der Waals surface area contributed by atoms with Crippen molar-refractivity contribution in [3.63, 3.8) is 0 Å². The van der Waals surface area contributed by atoms with Gasteiger partial charge in [-0.3, -0.25) is 4.79 Å². The van der Waals surface area contributed by atoms with Crippen LogP contribution in [0.25, 0.3) is 0 Å². The van der Waals surface area contributed by atoms with Crippen molar-refractivity contribution >= 4 is 5.97 Å². The monoisotopic (exact) mass is 268 g/mol. The topological polar surface area (TPSA) is 76.0 Å². The van der Waals surface area contributed by atoms with E-state index < -0.39 is 18.2 Å². The van der Waals surface area contributed by atoms with E-state index in [1.807, 2.05) is 13.8 Å². The smallest absolute Gasteiger partial charge is 0.308 e. The lowest BCUT2D eigenvalue weighted by Crippen LogP contribution is -2.23. The van der Waals surface area contributed by atoms with Crippen LogP contribution in [0.2, 0.25) is 0 Å². The minimum absolute atomic E-state index is 0.248. The Hall–Kier alpha value is -1.59. The highest BCUT2D eigenvalue weighted by Crippen LogP contribution is 2.29. The highest BCUT2D eigenvalue weighted by Gasteiger charge is 2.23. The minimum Gasteiger partial charge on any atom is -0.496 e. The Balaban J connectivity index is 2.96. The number of ether oxygens (including phenoxy) is 2. The Bertz CT molecular complexity index is 455. The van der Waals surface area contributed by atoms with Crippen molar-refractivity contribution < 1.29 is 24.5 Å². The van der Waals surface area contributed by atoms with Crippen LogP contribution in [0.3, 0.4) is 0 Å². The number of hydrogen-bond acceptors (Lipinski definition) is 5. The Morgan fingerprint density at radius 3 is 2.37 bits per heavy atom. The number of carbonyl (C=O) groups excluding carboxylic acids is 1. The first-order valence-electron chi connectivity index (χ1n) is 5.98. The molecule has 0 aliphatic carbocycles. The lowest BCUT2D eigenvalue weighted by atomic mass is 9.95. The zero-order valence-electron chi connectivity index (χ0n) is 11.6. The van der Waals surface area contributed by atoms with Crippen LogP contribution >= 0.6 is 0 Å². The van der Waals surface area contributed by atoms with E-state index in [0.29, 0.717) is 5.56 Å². The van der Waals surface area contributed by atoms with E-state index in [9.17, 15) is 15.0 Å². The maximum absolute atomic E-state index is 11.1. The van der Waals surface area contributed by atoms with Gasteiger partial charge >= 0.3 is 5.97 Å². The first kappa shape index (κ1) is 15.5. The molecular formula is C14H20O5. The molecule has 1 rings (SSSR count). The first-order chi connectivity index (χ1) is 8.90. The highest BCUT2D eigenvalue weighted by atomic mass is 16.5. The van der Waals surface area contributed by atoms with Gasteiger partial charge in [-0.2, -0.15) is 0 Å². The molecular weight excluding hydrogens is 248 g/mol. The lowest BCUT2D eigenvalue weighted by Gasteiger charge is -2.20. The van der Waals surface area contributed by atoms with Gasteiger partial charge < -0.3 is 19.7 Å². The van der Waals surface area contributed by atoms with Crippen LogP contribution in [0.5, 0.6) is 5.75 Å². The third kappa shape index (κ3) is 3.68. The molecule has 0 aromatic heterocycles. The van der Waals surface area contributed by atoms with E-state index in [1.54, 1.807) is 19.2 Å². The second-order valence-corrected chi connectivity index (χ2v) is 4.47. The van der Waals surface area contributed by atoms with Gasteiger partial charge in [-0.1, -0.05) is 0 Å². The van der Waals surface area contributed by atoms with E-state index in [1.165, 1.54) is 7.11 Å². The van der Waals surface area contributed by atoms with Crippen LogP contribution in [-0.4, -0.2) is 36.5 Å². The van der Waals surface area contributed by atoms with Crippen LogP contribution < -0.4 is 4.74 Å². The van der Waals surface area contributed by atoms with E-state index in [2.05, 4.69) is 4.74 Å². The van der Waals surface area contributed by atoms with Crippen molar-refractivity contribution in [2.75, 3.05) is 14.2 Å². The minimum atomic E-state index is -1.20. The quantitative estimate of drug-likeness (QED) is 0.786. The van der Waals surface area contributed by atoms with Crippen molar-refractivity contribution in [1.82, 2.24) is 0 Å². The largest absolute Gasteiger partial charge is 0.496 e. The molecule has 0 spiro atoms. The van der Waals surface area contributed by atoms with Gasteiger partial charge in [0.25, 0.3) is 0 Å². The standard InChI is InChI=1S/C14H20O5/c1-8-6-12(18-3)9(2)5-10(8)14(17)11(15)7-13(16)19-4/h5-6,11,14-15,17H,7H2,1-4H3. The average Bonchev–Trinajstić information content (AvgIpc) is 2.39. The van der Waals surface area contributed by atoms with Crippen LogP contribution in [-0.2, 0) is 9.53 Å². The molecule has 2 N–H and O–H groups in total. The number of aliphatic hydroxyl groups excluding tert-OH is 2. The number of methoxy groups -OCH3 is 2. The van der Waals surface area contributed by atoms with Crippen LogP contribution in [0.1, 0.15) is 29.2 Å². The number of esters is 1. The second kappa shape index (κ2) is 6.54. The molecule has 0 heterocycles. The summed E-state index contributed by atoms with van der Waals surface area (Å²) in [5, 5.41) is 19.9. The van der Waals surface area contributed by atoms with Gasteiger partial charge in [-0.15, -0.1) is 0 Å². The van der Waals surface area contributed by atoms with E-state index >= 15 is 0 Å². The highest BCUT2D eigenvalue weighted by molar-refractivity contribution is 5.69. The summed E-state index contributed by atoms with van der Waals surface area (Å²) < 4.78 is 9.65. The summed E-state index contributed by atoms with van der Waals surface area (Å²) in [5.74, 6) is 0.158. The molecule has 0 aliphatic heterocycles. The summed E-state index contributed by atoms with van der Waals surface area (Å²) in [7, 11) is 2.81. The molecule has 0 radical (unpaired) electrons. The van der Waals surface area contributed by atoms with Gasteiger partial charge in [0.05, 0.1) is 26.7 Å². The van der Waals surface area contributed by atoms with Crippen molar-refractivity contribution in [2.24, 2.45) is 0 Å². The molecule has 5 heteroatoms. The average molecular weight is 268 g/mol. The third-order valence-corrected chi connectivity index (χ3v) is 3.07. The fraction of sp³-hybridized carbons (Fsp3) is 0.500. The van der Waals surface area contributed by atoms with Gasteiger partial charge in [0.2, 0.25) is 0 Å². The van der Waals surface area contributed by atoms with Gasteiger partial charge in [-0.25, -0.2) is 0 Å². The molecule has 1 aromatic carbocycles. The fourth-order valence-electron chi connectivity index (χ4n) is 1.92. The maximum atomic E-state index is 11.1. The predicted molar refractivity (Wildman–Crippen MR) is 70.1 cm³/mol. The molecule has 0 bridgehead atoms. The van der Waals surface area contributed by atoms with Gasteiger partial charge in [0, 0.05) is 0 Å². The van der Waals surface area contributed by atoms with Crippen molar-refractivity contribution in [2.45, 2.75) is 32.5 Å². The number of rotatable bonds is 5. The van der Waals surface area contributed by atoms with Crippen molar-refractivity contribution in [3.8, 4) is 5.75 Å². The first-order valence-corrected chi connectivity index (χ1v) is 5.98. The molecule has 5 nitrogen and oxygen atoms in total. The summed E-state index contributed by atoms with van der Waals surface area (Å²) in [6, 6.07) is 3.54. The number of benzene rings is 1. The summed E-state index contributed by atoms with van der Waals surface area (Å²) >= 11 is 0. The second-order valence-electron chi connectivity index (χ2n) is 4.47. The third-order valence-electron chi connectivity index (χ3n) is 3.07. The predicted octanol–water partition coefficient (Wildman–Crippen LogP) is 1.27. The number of carbonyl (C=O) groups is 1. The molecule has 106 valence electrons. The number of aryl methyl sites for hydroxylation is 2. The van der Waals surface area contributed by atoms with Gasteiger partial charge in [0.15, 0.2) is 0 Å². The molecule has 1 aromatic rings. The van der Waals surface area contributed by atoms with Gasteiger partial charge in [-0.05, 0) is 42.7 Å². The van der Waals surface area contributed by atoms with E-state index in [4.69, 9.17) is 4.74 Å². The zero-order chi connectivity index (χ0) is 14.6. The SMILES string of the molecule is COC(=O)CC(O)C(O)c1cc(C)c(OC)cc1C. The van der Waals surface area contributed by atoms with Crippen molar-refractivity contribution in [1.29, 1.82) is 0 Å². The molecule has 0 amide bonds. The molecule has 0 saturated heterocycles. The number of hydrogen-bond donors (Lipinski definition) is 2. The Morgan fingerprint density at radius 2 is 1.84 bits per heavy atom. The Kier molecular flexibility index (Phi) is 5.32. The Morgan fingerprint density at radius 1 is 1.21 bits per heavy atom. The Labute approximate surface area is 112 Å². The van der Waals surface area contributed by atoms with E-state index in [0.717, 1.165) is 16.9 Å². The summed E-state index contributed by atoms with van der Waals surface area (Å²) in [6.45, 7) is 3.66. The summed E-state index contributed by atoms with van der Waals surface area (Å²) in [6.07, 6.45) is -2.58. The maximum Gasteiger partial charge on any atom is 0.308 e.